The molecule has 0 aliphatic heterocycles. The summed E-state index contributed by atoms with van der Waals surface area (Å²) in [5, 5.41) is 0. The Morgan fingerprint density at radius 1 is 0.680 bits per heavy atom. The summed E-state index contributed by atoms with van der Waals surface area (Å²) in [6, 6.07) is 12.7. The Morgan fingerprint density at radius 2 is 1.28 bits per heavy atom. The Kier molecular flexibility index (Phi) is 7.84. The van der Waals surface area contributed by atoms with Crippen LogP contribution in [0.5, 0.6) is 11.5 Å². The van der Waals surface area contributed by atoms with E-state index in [0.29, 0.717) is 6.61 Å². The molecule has 0 fully saturated rings. The third kappa shape index (κ3) is 5.81. The molecule has 2 aromatic carbocycles. The van der Waals surface area contributed by atoms with Crippen LogP contribution in [0.1, 0.15) is 61.8 Å². The van der Waals surface area contributed by atoms with Crippen LogP contribution < -0.4 is 9.47 Å². The number of rotatable bonds is 10. The Bertz CT molecular complexity index is 644. The minimum atomic E-state index is 0.599. The van der Waals surface area contributed by atoms with Gasteiger partial charge >= 0.3 is 0 Å². The first-order valence-corrected chi connectivity index (χ1v) is 9.59. The average Bonchev–Trinajstić information content (AvgIpc) is 2.64. The second-order valence-corrected chi connectivity index (χ2v) is 6.68. The highest BCUT2D eigenvalue weighted by Gasteiger charge is 2.09. The summed E-state index contributed by atoms with van der Waals surface area (Å²) in [6.45, 7) is 10.0. The van der Waals surface area contributed by atoms with Gasteiger partial charge in [0.05, 0.1) is 6.61 Å². The molecule has 25 heavy (non-hydrogen) atoms. The monoisotopic (exact) mass is 340 g/mol. The highest BCUT2D eigenvalue weighted by molar-refractivity contribution is 5.47. The summed E-state index contributed by atoms with van der Waals surface area (Å²) < 4.78 is 12.0. The van der Waals surface area contributed by atoms with Crippen LogP contribution in [0, 0.1) is 13.8 Å². The van der Waals surface area contributed by atoms with E-state index < -0.39 is 0 Å². The van der Waals surface area contributed by atoms with E-state index in [2.05, 4.69) is 52.0 Å². The van der Waals surface area contributed by atoms with E-state index in [4.69, 9.17) is 9.47 Å². The first kappa shape index (κ1) is 19.4. The van der Waals surface area contributed by atoms with E-state index in [1.54, 1.807) is 0 Å². The van der Waals surface area contributed by atoms with Crippen molar-refractivity contribution in [3.8, 4) is 11.5 Å². The largest absolute Gasteiger partial charge is 0.493 e. The number of benzene rings is 2. The number of unbranched alkanes of at least 4 members (excludes halogenated alkanes) is 3. The second-order valence-electron chi connectivity index (χ2n) is 6.68. The predicted molar refractivity (Wildman–Crippen MR) is 106 cm³/mol. The molecule has 0 unspecified atom stereocenters. The highest BCUT2D eigenvalue weighted by Crippen LogP contribution is 2.30. The molecule has 2 aromatic rings. The van der Waals surface area contributed by atoms with Crippen LogP contribution in [0.3, 0.4) is 0 Å². The molecule has 2 nitrogen and oxygen atoms in total. The lowest BCUT2D eigenvalue weighted by Gasteiger charge is -2.15. The molecule has 0 spiro atoms. The number of hydrogen-bond acceptors (Lipinski definition) is 2. The van der Waals surface area contributed by atoms with Gasteiger partial charge in [0.2, 0.25) is 0 Å². The summed E-state index contributed by atoms with van der Waals surface area (Å²) in [7, 11) is 0. The van der Waals surface area contributed by atoms with E-state index in [1.165, 1.54) is 36.0 Å². The fourth-order valence-electron chi connectivity index (χ4n) is 2.83. The summed E-state index contributed by atoms with van der Waals surface area (Å²) in [5.74, 6) is 1.92. The minimum absolute atomic E-state index is 0.599. The van der Waals surface area contributed by atoms with Crippen LogP contribution in [0.2, 0.25) is 0 Å². The van der Waals surface area contributed by atoms with Gasteiger partial charge in [0.15, 0.2) is 0 Å². The molecule has 0 aromatic heterocycles. The zero-order valence-electron chi connectivity index (χ0n) is 16.2. The molecule has 0 aliphatic rings. The normalized spacial score (nSPS) is 10.7. The molecular weight excluding hydrogens is 308 g/mol. The molecule has 0 saturated carbocycles. The van der Waals surface area contributed by atoms with Crippen LogP contribution in [-0.2, 0) is 13.0 Å². The van der Waals surface area contributed by atoms with Gasteiger partial charge in [-0.15, -0.1) is 0 Å². The summed E-state index contributed by atoms with van der Waals surface area (Å²) in [5.41, 5.74) is 4.90. The van der Waals surface area contributed by atoms with Crippen LogP contribution in [0.4, 0.5) is 0 Å². The van der Waals surface area contributed by atoms with Crippen LogP contribution >= 0.6 is 0 Å². The third-order valence-corrected chi connectivity index (χ3v) is 4.77. The van der Waals surface area contributed by atoms with Crippen LogP contribution in [-0.4, -0.2) is 6.61 Å². The Morgan fingerprint density at radius 3 is 1.88 bits per heavy atom. The van der Waals surface area contributed by atoms with Crippen molar-refractivity contribution in [2.24, 2.45) is 0 Å². The SMILES string of the molecule is CCCCCCOc1ccc(OCc2ccc(CC)cc2)c(C)c1C. The number of hydrogen-bond donors (Lipinski definition) is 0. The van der Waals surface area contributed by atoms with Crippen molar-refractivity contribution in [3.63, 3.8) is 0 Å². The van der Waals surface area contributed by atoms with Gasteiger partial charge in [0.25, 0.3) is 0 Å². The van der Waals surface area contributed by atoms with E-state index in [0.717, 1.165) is 36.5 Å². The van der Waals surface area contributed by atoms with Crippen molar-refractivity contribution in [1.29, 1.82) is 0 Å². The van der Waals surface area contributed by atoms with Gasteiger partial charge < -0.3 is 9.47 Å². The third-order valence-electron chi connectivity index (χ3n) is 4.77. The summed E-state index contributed by atoms with van der Waals surface area (Å²) in [6.07, 6.45) is 5.98. The van der Waals surface area contributed by atoms with E-state index in [1.807, 2.05) is 12.1 Å². The van der Waals surface area contributed by atoms with Gasteiger partial charge in [-0.1, -0.05) is 57.4 Å². The van der Waals surface area contributed by atoms with Gasteiger partial charge in [0, 0.05) is 0 Å². The lowest BCUT2D eigenvalue weighted by atomic mass is 10.1. The Balaban J connectivity index is 1.91. The lowest BCUT2D eigenvalue weighted by molar-refractivity contribution is 0.293. The van der Waals surface area contributed by atoms with Gasteiger partial charge in [-0.2, -0.15) is 0 Å². The molecule has 0 saturated heterocycles. The minimum Gasteiger partial charge on any atom is -0.493 e. The molecule has 0 radical (unpaired) electrons. The van der Waals surface area contributed by atoms with Gasteiger partial charge in [-0.25, -0.2) is 0 Å². The molecular formula is C23H32O2. The molecule has 0 N–H and O–H groups in total. The van der Waals surface area contributed by atoms with Gasteiger partial charge in [0.1, 0.15) is 18.1 Å². The molecule has 0 atom stereocenters. The van der Waals surface area contributed by atoms with Crippen LogP contribution in [0.25, 0.3) is 0 Å². The van der Waals surface area contributed by atoms with Crippen molar-refractivity contribution >= 4 is 0 Å². The zero-order chi connectivity index (χ0) is 18.1. The summed E-state index contributed by atoms with van der Waals surface area (Å²) in [4.78, 5) is 0. The van der Waals surface area contributed by atoms with E-state index in [-0.39, 0.29) is 0 Å². The first-order chi connectivity index (χ1) is 12.2. The number of aryl methyl sites for hydroxylation is 1. The standard InChI is InChI=1S/C23H32O2/c1-5-7-8-9-16-24-22-14-15-23(19(4)18(22)3)25-17-21-12-10-20(6-2)11-13-21/h10-15H,5-9,16-17H2,1-4H3. The maximum absolute atomic E-state index is 6.03. The zero-order valence-corrected chi connectivity index (χ0v) is 16.2. The lowest BCUT2D eigenvalue weighted by Crippen LogP contribution is -2.02. The van der Waals surface area contributed by atoms with Gasteiger partial charge in [-0.3, -0.25) is 0 Å². The average molecular weight is 341 g/mol. The molecule has 0 amide bonds. The predicted octanol–water partition coefficient (Wildman–Crippen LogP) is 6.40. The molecule has 0 heterocycles. The fraction of sp³-hybridized carbons (Fsp3) is 0.478. The maximum Gasteiger partial charge on any atom is 0.123 e. The molecule has 2 rings (SSSR count). The first-order valence-electron chi connectivity index (χ1n) is 9.59. The quantitative estimate of drug-likeness (QED) is 0.466. The topological polar surface area (TPSA) is 18.5 Å². The molecule has 2 heteroatoms. The number of ether oxygens (including phenoxy) is 2. The van der Waals surface area contributed by atoms with Crippen molar-refractivity contribution in [2.45, 2.75) is 66.4 Å². The van der Waals surface area contributed by atoms with Gasteiger partial charge in [-0.05, 0) is 61.1 Å². The molecule has 136 valence electrons. The summed E-state index contributed by atoms with van der Waals surface area (Å²) >= 11 is 0. The van der Waals surface area contributed by atoms with Crippen molar-refractivity contribution in [1.82, 2.24) is 0 Å². The fourth-order valence-corrected chi connectivity index (χ4v) is 2.83. The highest BCUT2D eigenvalue weighted by atomic mass is 16.5. The smallest absolute Gasteiger partial charge is 0.123 e. The Hall–Kier alpha value is -1.96. The van der Waals surface area contributed by atoms with Crippen LogP contribution in [0.15, 0.2) is 36.4 Å². The Labute approximate surface area is 153 Å². The molecule has 0 aliphatic carbocycles. The van der Waals surface area contributed by atoms with Crippen molar-refractivity contribution in [2.75, 3.05) is 6.61 Å². The van der Waals surface area contributed by atoms with E-state index >= 15 is 0 Å². The molecule has 0 bridgehead atoms. The van der Waals surface area contributed by atoms with Crippen molar-refractivity contribution < 1.29 is 9.47 Å². The maximum atomic E-state index is 6.03. The second kappa shape index (κ2) is 10.1. The van der Waals surface area contributed by atoms with Crippen molar-refractivity contribution in [3.05, 3.63) is 58.7 Å². The van der Waals surface area contributed by atoms with E-state index in [9.17, 15) is 0 Å².